The number of para-hydroxylation sites is 1. The molecule has 0 saturated carbocycles. The van der Waals surface area contributed by atoms with Gasteiger partial charge in [0.15, 0.2) is 0 Å². The molecule has 0 saturated heterocycles. The molecule has 136 valence electrons. The Kier molecular flexibility index (Phi) is 5.03. The molecule has 1 aromatic carbocycles. The van der Waals surface area contributed by atoms with Gasteiger partial charge in [0.05, 0.1) is 12.6 Å². The van der Waals surface area contributed by atoms with Crippen LogP contribution < -0.4 is 15.6 Å². The van der Waals surface area contributed by atoms with Gasteiger partial charge in [0.25, 0.3) is 5.56 Å². The zero-order chi connectivity index (χ0) is 18.8. The van der Waals surface area contributed by atoms with Crippen LogP contribution in [-0.2, 0) is 11.2 Å². The number of anilines is 1. The number of nitrogens with zero attached hydrogens (tertiary/aromatic N) is 3. The van der Waals surface area contributed by atoms with Gasteiger partial charge in [-0.05, 0) is 31.9 Å². The third-order valence-corrected chi connectivity index (χ3v) is 5.21. The summed E-state index contributed by atoms with van der Waals surface area (Å²) in [5.74, 6) is 0.217. The molecule has 26 heavy (non-hydrogen) atoms. The van der Waals surface area contributed by atoms with Crippen LogP contribution in [0.1, 0.15) is 30.5 Å². The summed E-state index contributed by atoms with van der Waals surface area (Å²) < 4.78 is 6.89. The lowest BCUT2D eigenvalue weighted by Crippen LogP contribution is -2.32. The summed E-state index contributed by atoms with van der Waals surface area (Å²) in [7, 11) is 1.55. The average molecular weight is 372 g/mol. The highest BCUT2D eigenvalue weighted by Crippen LogP contribution is 2.28. The number of methoxy groups -OCH3 is 1. The number of nitrogens with one attached hydrogen (secondary N) is 1. The molecule has 3 rings (SSSR count). The number of aryl methyl sites for hydroxylation is 2. The van der Waals surface area contributed by atoms with E-state index < -0.39 is 6.04 Å². The number of benzene rings is 1. The predicted molar refractivity (Wildman–Crippen MR) is 102 cm³/mol. The zero-order valence-electron chi connectivity index (χ0n) is 15.1. The Labute approximate surface area is 154 Å². The quantitative estimate of drug-likeness (QED) is 0.744. The molecule has 0 aliphatic carbocycles. The van der Waals surface area contributed by atoms with Gasteiger partial charge in [-0.3, -0.25) is 19.5 Å². The molecule has 3 aromatic rings. The number of amides is 1. The fourth-order valence-corrected chi connectivity index (χ4v) is 3.54. The van der Waals surface area contributed by atoms with Gasteiger partial charge in [0.2, 0.25) is 11.0 Å². The summed E-state index contributed by atoms with van der Waals surface area (Å²) in [4.78, 5) is 25.4. The zero-order valence-corrected chi connectivity index (χ0v) is 15.9. The summed E-state index contributed by atoms with van der Waals surface area (Å²) in [5, 5.41) is 12.8. The number of pyridine rings is 1. The van der Waals surface area contributed by atoms with Crippen molar-refractivity contribution < 1.29 is 9.53 Å². The van der Waals surface area contributed by atoms with E-state index in [-0.39, 0.29) is 11.5 Å². The molecular weight excluding hydrogens is 352 g/mol. The minimum absolute atomic E-state index is 0.256. The Hall–Kier alpha value is -2.74. The molecule has 1 N–H and O–H groups in total. The second-order valence-electron chi connectivity index (χ2n) is 5.91. The number of aromatic nitrogens is 3. The molecule has 0 fully saturated rings. The molecular formula is C18H20N4O3S. The van der Waals surface area contributed by atoms with Crippen LogP contribution in [0.5, 0.6) is 5.75 Å². The molecule has 0 aliphatic rings. The van der Waals surface area contributed by atoms with Gasteiger partial charge in [-0.15, -0.1) is 10.2 Å². The van der Waals surface area contributed by atoms with Gasteiger partial charge in [0, 0.05) is 11.5 Å². The molecule has 2 heterocycles. The maximum absolute atomic E-state index is 12.7. The minimum atomic E-state index is -0.740. The number of hydrogen-bond donors (Lipinski definition) is 1. The molecule has 2 aromatic heterocycles. The largest absolute Gasteiger partial charge is 0.495 e. The second-order valence-corrected chi connectivity index (χ2v) is 6.97. The highest BCUT2D eigenvalue weighted by atomic mass is 32.1. The molecule has 0 radical (unpaired) electrons. The summed E-state index contributed by atoms with van der Waals surface area (Å²) in [5.41, 5.74) is 1.19. The molecule has 0 spiro atoms. The number of carbonyl (C=O) groups excluding carboxylic acids is 1. The lowest BCUT2D eigenvalue weighted by Gasteiger charge is -2.19. The van der Waals surface area contributed by atoms with Gasteiger partial charge >= 0.3 is 0 Å². The number of hydrogen-bond acceptors (Lipinski definition) is 6. The first-order chi connectivity index (χ1) is 12.5. The molecule has 8 heteroatoms. The van der Waals surface area contributed by atoms with Crippen molar-refractivity contribution in [3.63, 3.8) is 0 Å². The predicted octanol–water partition coefficient (Wildman–Crippen LogP) is 2.93. The van der Waals surface area contributed by atoms with Crippen LogP contribution in [0.15, 0.2) is 29.1 Å². The Balaban J connectivity index is 2.06. The Morgan fingerprint density at radius 3 is 2.81 bits per heavy atom. The maximum atomic E-state index is 12.7. The van der Waals surface area contributed by atoms with Crippen molar-refractivity contribution in [2.45, 2.75) is 33.2 Å². The standard InChI is InChI=1S/C18H20N4O3S/c1-5-14-20-21-18(26-14)19-17(24)11(3)22-15(23)9-10(2)12-7-6-8-13(25-4)16(12)22/h6-9,11H,5H2,1-4H3,(H,19,21,24). The Morgan fingerprint density at radius 1 is 1.38 bits per heavy atom. The summed E-state index contributed by atoms with van der Waals surface area (Å²) in [6.45, 7) is 5.52. The van der Waals surface area contributed by atoms with Crippen molar-refractivity contribution in [2.75, 3.05) is 12.4 Å². The van der Waals surface area contributed by atoms with Crippen LogP contribution in [0.4, 0.5) is 5.13 Å². The van der Waals surface area contributed by atoms with Crippen molar-refractivity contribution in [3.05, 3.63) is 45.2 Å². The first-order valence-electron chi connectivity index (χ1n) is 8.28. The van der Waals surface area contributed by atoms with Gasteiger partial charge in [-0.2, -0.15) is 0 Å². The van der Waals surface area contributed by atoms with E-state index in [2.05, 4.69) is 15.5 Å². The number of ether oxygens (including phenoxy) is 1. The fraction of sp³-hybridized carbons (Fsp3) is 0.333. The van der Waals surface area contributed by atoms with Crippen molar-refractivity contribution in [1.82, 2.24) is 14.8 Å². The molecule has 0 bridgehead atoms. The van der Waals surface area contributed by atoms with Crippen LogP contribution in [0.25, 0.3) is 10.9 Å². The fourth-order valence-electron chi connectivity index (χ4n) is 2.86. The van der Waals surface area contributed by atoms with Gasteiger partial charge < -0.3 is 4.74 Å². The van der Waals surface area contributed by atoms with E-state index in [9.17, 15) is 9.59 Å². The molecule has 0 aliphatic heterocycles. The third-order valence-electron chi connectivity index (χ3n) is 4.23. The number of fused-ring (bicyclic) bond motifs is 1. The monoisotopic (exact) mass is 372 g/mol. The molecule has 7 nitrogen and oxygen atoms in total. The van der Waals surface area contributed by atoms with Crippen LogP contribution in [-0.4, -0.2) is 27.8 Å². The van der Waals surface area contributed by atoms with Crippen LogP contribution in [0, 0.1) is 6.92 Å². The van der Waals surface area contributed by atoms with E-state index >= 15 is 0 Å². The van der Waals surface area contributed by atoms with Crippen molar-refractivity contribution >= 4 is 33.3 Å². The SMILES string of the molecule is CCc1nnc(NC(=O)C(C)n2c(=O)cc(C)c3cccc(OC)c32)s1. The summed E-state index contributed by atoms with van der Waals surface area (Å²) in [6, 6.07) is 6.34. The van der Waals surface area contributed by atoms with Crippen LogP contribution in [0.3, 0.4) is 0 Å². The van der Waals surface area contributed by atoms with E-state index in [0.717, 1.165) is 22.4 Å². The minimum Gasteiger partial charge on any atom is -0.495 e. The maximum Gasteiger partial charge on any atom is 0.252 e. The third kappa shape index (κ3) is 3.20. The van der Waals surface area contributed by atoms with Crippen LogP contribution >= 0.6 is 11.3 Å². The lowest BCUT2D eigenvalue weighted by molar-refractivity contribution is -0.118. The van der Waals surface area contributed by atoms with Crippen molar-refractivity contribution in [3.8, 4) is 5.75 Å². The molecule has 1 unspecified atom stereocenters. The van der Waals surface area contributed by atoms with Gasteiger partial charge in [-0.1, -0.05) is 30.4 Å². The van der Waals surface area contributed by atoms with Gasteiger partial charge in [-0.25, -0.2) is 0 Å². The average Bonchev–Trinajstić information content (AvgIpc) is 3.08. The highest BCUT2D eigenvalue weighted by Gasteiger charge is 2.22. The first-order valence-corrected chi connectivity index (χ1v) is 9.10. The van der Waals surface area contributed by atoms with E-state index in [1.54, 1.807) is 20.1 Å². The summed E-state index contributed by atoms with van der Waals surface area (Å²) >= 11 is 1.33. The normalized spacial score (nSPS) is 12.2. The second kappa shape index (κ2) is 7.25. The van der Waals surface area contributed by atoms with Crippen LogP contribution in [0.2, 0.25) is 0 Å². The van der Waals surface area contributed by atoms with E-state index in [4.69, 9.17) is 4.74 Å². The topological polar surface area (TPSA) is 86.1 Å². The number of carbonyl (C=O) groups is 1. The van der Waals surface area contributed by atoms with Crippen molar-refractivity contribution in [2.24, 2.45) is 0 Å². The smallest absolute Gasteiger partial charge is 0.252 e. The lowest BCUT2D eigenvalue weighted by atomic mass is 10.1. The van der Waals surface area contributed by atoms with Crippen molar-refractivity contribution in [1.29, 1.82) is 0 Å². The summed E-state index contributed by atoms with van der Waals surface area (Å²) in [6.07, 6.45) is 0.752. The number of rotatable bonds is 5. The van der Waals surface area contributed by atoms with E-state index in [0.29, 0.717) is 16.4 Å². The van der Waals surface area contributed by atoms with Gasteiger partial charge in [0.1, 0.15) is 16.8 Å². The van der Waals surface area contributed by atoms with E-state index in [1.807, 2.05) is 26.0 Å². The highest BCUT2D eigenvalue weighted by molar-refractivity contribution is 7.15. The Bertz CT molecular complexity index is 1020. The van der Waals surface area contributed by atoms with E-state index in [1.165, 1.54) is 22.0 Å². The molecule has 1 atom stereocenters. The molecule has 1 amide bonds. The first kappa shape index (κ1) is 18.1. The Morgan fingerprint density at radius 2 is 2.15 bits per heavy atom.